The van der Waals surface area contributed by atoms with Crippen molar-refractivity contribution in [2.24, 2.45) is 5.92 Å². The van der Waals surface area contributed by atoms with Gasteiger partial charge in [-0.3, -0.25) is 14.5 Å². The summed E-state index contributed by atoms with van der Waals surface area (Å²) in [6, 6.07) is 6.74. The molecule has 1 aromatic carbocycles. The summed E-state index contributed by atoms with van der Waals surface area (Å²) in [5.41, 5.74) is -0.474. The molecule has 2 fully saturated rings. The van der Waals surface area contributed by atoms with E-state index in [9.17, 15) is 14.4 Å². The predicted octanol–water partition coefficient (Wildman–Crippen LogP) is 2.47. The number of hydrogen-bond donors (Lipinski definition) is 1. The van der Waals surface area contributed by atoms with Gasteiger partial charge in [0, 0.05) is 17.6 Å². The molecule has 0 radical (unpaired) electrons. The van der Waals surface area contributed by atoms with E-state index in [0.29, 0.717) is 24.6 Å². The standard InChI is InChI=1S/C18H22BrN3O3/c1-12-5-4-8-21(10-12)15(23)11-22-16(24)18(2,20-17(22)25)13-6-3-7-14(19)9-13/h3,6-7,9,12H,4-5,8,10-11H2,1-2H3,(H,20,25)/t12-,18+/m1/s1. The second-order valence-corrected chi connectivity index (χ2v) is 7.96. The summed E-state index contributed by atoms with van der Waals surface area (Å²) in [5.74, 6) is -0.115. The molecule has 2 aliphatic rings. The lowest BCUT2D eigenvalue weighted by atomic mass is 9.92. The van der Waals surface area contributed by atoms with E-state index in [4.69, 9.17) is 0 Å². The molecule has 1 N–H and O–H groups in total. The molecule has 0 bridgehead atoms. The molecular weight excluding hydrogens is 386 g/mol. The van der Waals surface area contributed by atoms with Crippen LogP contribution in [0.25, 0.3) is 0 Å². The minimum Gasteiger partial charge on any atom is -0.341 e. The van der Waals surface area contributed by atoms with Gasteiger partial charge in [-0.05, 0) is 43.4 Å². The van der Waals surface area contributed by atoms with Crippen LogP contribution in [0, 0.1) is 5.92 Å². The first kappa shape index (κ1) is 17.9. The van der Waals surface area contributed by atoms with Gasteiger partial charge >= 0.3 is 6.03 Å². The van der Waals surface area contributed by atoms with Crippen LogP contribution in [0.5, 0.6) is 0 Å². The van der Waals surface area contributed by atoms with Crippen LogP contribution in [-0.4, -0.2) is 47.3 Å². The number of halogens is 1. The Kier molecular flexibility index (Phi) is 4.86. The Labute approximate surface area is 155 Å². The second-order valence-electron chi connectivity index (χ2n) is 7.04. The number of likely N-dealkylation sites (tertiary alicyclic amines) is 1. The van der Waals surface area contributed by atoms with Crippen molar-refractivity contribution in [3.05, 3.63) is 34.3 Å². The van der Waals surface area contributed by atoms with Crippen LogP contribution < -0.4 is 5.32 Å². The van der Waals surface area contributed by atoms with Gasteiger partial charge in [-0.1, -0.05) is 35.0 Å². The first-order chi connectivity index (χ1) is 11.8. The van der Waals surface area contributed by atoms with Gasteiger partial charge in [-0.25, -0.2) is 4.79 Å². The Morgan fingerprint density at radius 2 is 2.16 bits per heavy atom. The van der Waals surface area contributed by atoms with Gasteiger partial charge in [-0.2, -0.15) is 0 Å². The number of amides is 4. The van der Waals surface area contributed by atoms with E-state index in [2.05, 4.69) is 28.2 Å². The average molecular weight is 408 g/mol. The highest BCUT2D eigenvalue weighted by molar-refractivity contribution is 9.10. The molecule has 1 aromatic rings. The van der Waals surface area contributed by atoms with Crippen molar-refractivity contribution in [1.82, 2.24) is 15.1 Å². The van der Waals surface area contributed by atoms with Crippen molar-refractivity contribution < 1.29 is 14.4 Å². The number of imide groups is 1. The lowest BCUT2D eigenvalue weighted by molar-refractivity contribution is -0.139. The molecule has 134 valence electrons. The largest absolute Gasteiger partial charge is 0.341 e. The maximum absolute atomic E-state index is 12.9. The second kappa shape index (κ2) is 6.78. The van der Waals surface area contributed by atoms with Gasteiger partial charge in [0.15, 0.2) is 0 Å². The molecule has 7 heteroatoms. The van der Waals surface area contributed by atoms with Gasteiger partial charge < -0.3 is 10.2 Å². The third kappa shape index (κ3) is 3.42. The first-order valence-corrected chi connectivity index (χ1v) is 9.28. The molecule has 0 spiro atoms. The molecule has 0 aliphatic carbocycles. The topological polar surface area (TPSA) is 69.7 Å². The summed E-state index contributed by atoms with van der Waals surface area (Å²) >= 11 is 3.38. The Morgan fingerprint density at radius 1 is 1.40 bits per heavy atom. The van der Waals surface area contributed by atoms with Crippen LogP contribution in [0.1, 0.15) is 32.3 Å². The number of hydrogen-bond acceptors (Lipinski definition) is 3. The van der Waals surface area contributed by atoms with E-state index in [-0.39, 0.29) is 12.5 Å². The SMILES string of the molecule is C[C@@H]1CCCN(C(=O)CN2C(=O)N[C@@](C)(c3cccc(Br)c3)C2=O)C1. The Morgan fingerprint density at radius 3 is 2.84 bits per heavy atom. The predicted molar refractivity (Wildman–Crippen MR) is 96.7 cm³/mol. The molecule has 2 atom stereocenters. The minimum atomic E-state index is -1.16. The third-order valence-corrected chi connectivity index (χ3v) is 5.47. The van der Waals surface area contributed by atoms with Gasteiger partial charge in [0.1, 0.15) is 12.1 Å². The van der Waals surface area contributed by atoms with Gasteiger partial charge in [0.2, 0.25) is 5.91 Å². The van der Waals surface area contributed by atoms with Crippen LogP contribution in [0.15, 0.2) is 28.7 Å². The molecule has 6 nitrogen and oxygen atoms in total. The Bertz CT molecular complexity index is 723. The van der Waals surface area contributed by atoms with Crippen LogP contribution in [0.4, 0.5) is 4.79 Å². The molecule has 0 aromatic heterocycles. The van der Waals surface area contributed by atoms with Crippen molar-refractivity contribution in [3.8, 4) is 0 Å². The summed E-state index contributed by atoms with van der Waals surface area (Å²) in [7, 11) is 0. The lowest BCUT2D eigenvalue weighted by Gasteiger charge is -2.31. The highest BCUT2D eigenvalue weighted by atomic mass is 79.9. The quantitative estimate of drug-likeness (QED) is 0.782. The minimum absolute atomic E-state index is 0.173. The highest BCUT2D eigenvalue weighted by Gasteiger charge is 2.49. The molecular formula is C18H22BrN3O3. The lowest BCUT2D eigenvalue weighted by Crippen LogP contribution is -2.47. The molecule has 2 aliphatic heterocycles. The number of benzene rings is 1. The zero-order valence-electron chi connectivity index (χ0n) is 14.4. The normalized spacial score (nSPS) is 26.8. The summed E-state index contributed by atoms with van der Waals surface area (Å²) in [4.78, 5) is 40.6. The van der Waals surface area contributed by atoms with Crippen molar-refractivity contribution in [2.75, 3.05) is 19.6 Å². The fourth-order valence-corrected chi connectivity index (χ4v) is 3.89. The van der Waals surface area contributed by atoms with E-state index in [0.717, 1.165) is 22.2 Å². The van der Waals surface area contributed by atoms with E-state index in [1.54, 1.807) is 24.0 Å². The number of nitrogens with zero attached hydrogens (tertiary/aromatic N) is 2. The maximum Gasteiger partial charge on any atom is 0.325 e. The number of nitrogens with one attached hydrogen (secondary N) is 1. The molecule has 2 heterocycles. The van der Waals surface area contributed by atoms with Crippen LogP contribution in [-0.2, 0) is 15.1 Å². The van der Waals surface area contributed by atoms with Crippen LogP contribution >= 0.6 is 15.9 Å². The number of piperidine rings is 1. The van der Waals surface area contributed by atoms with Crippen molar-refractivity contribution in [1.29, 1.82) is 0 Å². The Hall–Kier alpha value is -1.89. The molecule has 0 unspecified atom stereocenters. The molecule has 2 saturated heterocycles. The number of carbonyl (C=O) groups is 3. The van der Waals surface area contributed by atoms with Crippen molar-refractivity contribution in [2.45, 2.75) is 32.2 Å². The summed E-state index contributed by atoms with van der Waals surface area (Å²) in [5, 5.41) is 2.74. The van der Waals surface area contributed by atoms with E-state index < -0.39 is 17.5 Å². The Balaban J connectivity index is 1.76. The summed E-state index contributed by atoms with van der Waals surface area (Å²) in [6.07, 6.45) is 2.07. The number of urea groups is 1. The van der Waals surface area contributed by atoms with Gasteiger partial charge in [0.05, 0.1) is 0 Å². The zero-order valence-corrected chi connectivity index (χ0v) is 16.0. The smallest absolute Gasteiger partial charge is 0.325 e. The van der Waals surface area contributed by atoms with Crippen molar-refractivity contribution >= 4 is 33.8 Å². The molecule has 0 saturated carbocycles. The summed E-state index contributed by atoms with van der Waals surface area (Å²) in [6.45, 7) is 4.95. The first-order valence-electron chi connectivity index (χ1n) is 8.49. The highest BCUT2D eigenvalue weighted by Crippen LogP contribution is 2.30. The maximum atomic E-state index is 12.9. The van der Waals surface area contributed by atoms with E-state index in [1.807, 2.05) is 12.1 Å². The van der Waals surface area contributed by atoms with Crippen LogP contribution in [0.3, 0.4) is 0 Å². The molecule has 3 rings (SSSR count). The fraction of sp³-hybridized carbons (Fsp3) is 0.500. The third-order valence-electron chi connectivity index (χ3n) is 4.98. The monoisotopic (exact) mass is 407 g/mol. The number of rotatable bonds is 3. The van der Waals surface area contributed by atoms with Gasteiger partial charge in [-0.15, -0.1) is 0 Å². The van der Waals surface area contributed by atoms with Gasteiger partial charge in [0.25, 0.3) is 5.91 Å². The van der Waals surface area contributed by atoms with E-state index in [1.165, 1.54) is 0 Å². The zero-order chi connectivity index (χ0) is 18.2. The average Bonchev–Trinajstić information content (AvgIpc) is 2.79. The molecule has 25 heavy (non-hydrogen) atoms. The van der Waals surface area contributed by atoms with E-state index >= 15 is 0 Å². The fourth-order valence-electron chi connectivity index (χ4n) is 3.49. The number of carbonyl (C=O) groups excluding carboxylic acids is 3. The molecule has 4 amide bonds. The van der Waals surface area contributed by atoms with Crippen LogP contribution in [0.2, 0.25) is 0 Å². The van der Waals surface area contributed by atoms with Crippen molar-refractivity contribution in [3.63, 3.8) is 0 Å². The summed E-state index contributed by atoms with van der Waals surface area (Å²) < 4.78 is 0.824.